The molecule has 1 aromatic heterocycles. The van der Waals surface area contributed by atoms with Gasteiger partial charge in [0.05, 0.1) is 18.6 Å². The van der Waals surface area contributed by atoms with E-state index in [1.165, 1.54) is 13.2 Å². The van der Waals surface area contributed by atoms with Crippen LogP contribution in [0.15, 0.2) is 15.4 Å². The summed E-state index contributed by atoms with van der Waals surface area (Å²) in [6.45, 7) is 11.1. The van der Waals surface area contributed by atoms with Gasteiger partial charge in [0.25, 0.3) is 0 Å². The molecular formula is C19H25NO5S. The van der Waals surface area contributed by atoms with E-state index in [1.54, 1.807) is 6.92 Å². The Labute approximate surface area is 154 Å². The van der Waals surface area contributed by atoms with Crippen LogP contribution in [0.4, 0.5) is 0 Å². The van der Waals surface area contributed by atoms with Gasteiger partial charge in [-0.15, -0.1) is 0 Å². The van der Waals surface area contributed by atoms with Gasteiger partial charge in [-0.1, -0.05) is 0 Å². The molecular weight excluding hydrogens is 354 g/mol. The summed E-state index contributed by atoms with van der Waals surface area (Å²) in [5.74, 6) is 0.222. The van der Waals surface area contributed by atoms with Crippen molar-refractivity contribution in [2.24, 2.45) is 0 Å². The molecule has 1 N–H and O–H groups in total. The second kappa shape index (κ2) is 7.25. The fourth-order valence-electron chi connectivity index (χ4n) is 3.05. The highest BCUT2D eigenvalue weighted by molar-refractivity contribution is 7.89. The number of sulfonamides is 1. The van der Waals surface area contributed by atoms with Crippen molar-refractivity contribution in [3.8, 4) is 0 Å². The third kappa shape index (κ3) is 3.54. The van der Waals surface area contributed by atoms with E-state index in [1.807, 2.05) is 34.6 Å². The lowest BCUT2D eigenvalue weighted by atomic mass is 9.95. The van der Waals surface area contributed by atoms with E-state index >= 15 is 0 Å². The number of furan rings is 1. The van der Waals surface area contributed by atoms with Crippen LogP contribution in [-0.4, -0.2) is 21.5 Å². The fourth-order valence-corrected chi connectivity index (χ4v) is 4.64. The van der Waals surface area contributed by atoms with Gasteiger partial charge >= 0.3 is 5.97 Å². The minimum atomic E-state index is -3.74. The summed E-state index contributed by atoms with van der Waals surface area (Å²) in [4.78, 5) is 11.9. The van der Waals surface area contributed by atoms with Gasteiger partial charge in [-0.25, -0.2) is 17.9 Å². The molecule has 0 aliphatic rings. The first-order chi connectivity index (χ1) is 12.0. The maximum Gasteiger partial charge on any atom is 0.341 e. The van der Waals surface area contributed by atoms with Gasteiger partial charge < -0.3 is 9.15 Å². The van der Waals surface area contributed by atoms with E-state index in [-0.39, 0.29) is 12.1 Å². The maximum atomic E-state index is 12.9. The SMILES string of the molecule is COC(=O)c1cc(CNS(=O)(=O)c2c(C)c(C)c(C)c(C)c2C)oc1C. The second-order valence-electron chi connectivity index (χ2n) is 6.45. The third-order valence-corrected chi connectivity index (χ3v) is 6.68. The summed E-state index contributed by atoms with van der Waals surface area (Å²) in [7, 11) is -2.45. The molecule has 0 unspecified atom stereocenters. The number of hydrogen-bond donors (Lipinski definition) is 1. The minimum absolute atomic E-state index is 0.0506. The molecule has 1 heterocycles. The summed E-state index contributed by atoms with van der Waals surface area (Å²) in [5, 5.41) is 0. The van der Waals surface area contributed by atoms with E-state index in [9.17, 15) is 13.2 Å². The molecule has 0 radical (unpaired) electrons. The maximum absolute atomic E-state index is 12.9. The number of hydrogen-bond acceptors (Lipinski definition) is 5. The number of rotatable bonds is 5. The van der Waals surface area contributed by atoms with Crippen LogP contribution >= 0.6 is 0 Å². The molecule has 142 valence electrons. The predicted molar refractivity (Wildman–Crippen MR) is 98.9 cm³/mol. The molecule has 0 aliphatic heterocycles. The van der Waals surface area contributed by atoms with E-state index in [4.69, 9.17) is 4.42 Å². The molecule has 0 amide bonds. The smallest absolute Gasteiger partial charge is 0.341 e. The Kier molecular flexibility index (Phi) is 5.63. The molecule has 6 nitrogen and oxygen atoms in total. The zero-order valence-corrected chi connectivity index (χ0v) is 17.1. The van der Waals surface area contributed by atoms with E-state index in [2.05, 4.69) is 9.46 Å². The average Bonchev–Trinajstić information content (AvgIpc) is 2.96. The topological polar surface area (TPSA) is 85.6 Å². The van der Waals surface area contributed by atoms with Crippen molar-refractivity contribution in [1.82, 2.24) is 4.72 Å². The van der Waals surface area contributed by atoms with Crippen LogP contribution in [0.1, 0.15) is 49.7 Å². The summed E-state index contributed by atoms with van der Waals surface area (Å²) in [6.07, 6.45) is 0. The Morgan fingerprint density at radius 1 is 1.00 bits per heavy atom. The molecule has 2 aromatic rings. The summed E-state index contributed by atoms with van der Waals surface area (Å²) < 4.78 is 38.5. The molecule has 2 rings (SSSR count). The molecule has 0 bridgehead atoms. The lowest BCUT2D eigenvalue weighted by Gasteiger charge is -2.18. The molecule has 26 heavy (non-hydrogen) atoms. The summed E-state index contributed by atoms with van der Waals surface area (Å²) >= 11 is 0. The van der Waals surface area contributed by atoms with Crippen molar-refractivity contribution in [3.63, 3.8) is 0 Å². The molecule has 0 atom stereocenters. The highest BCUT2D eigenvalue weighted by Gasteiger charge is 2.24. The van der Waals surface area contributed by atoms with Crippen LogP contribution in [0.5, 0.6) is 0 Å². The van der Waals surface area contributed by atoms with E-state index in [0.717, 1.165) is 27.8 Å². The number of methoxy groups -OCH3 is 1. The van der Waals surface area contributed by atoms with Gasteiger partial charge in [0.15, 0.2) is 0 Å². The second-order valence-corrected chi connectivity index (χ2v) is 8.16. The van der Waals surface area contributed by atoms with Gasteiger partial charge in [-0.05, 0) is 75.4 Å². The number of esters is 1. The highest BCUT2D eigenvalue weighted by Crippen LogP contribution is 2.29. The number of aryl methyl sites for hydroxylation is 1. The lowest BCUT2D eigenvalue weighted by molar-refractivity contribution is 0.0599. The van der Waals surface area contributed by atoms with Crippen molar-refractivity contribution >= 4 is 16.0 Å². The molecule has 7 heteroatoms. The average molecular weight is 379 g/mol. The number of carbonyl (C=O) groups is 1. The van der Waals surface area contributed by atoms with E-state index < -0.39 is 16.0 Å². The number of benzene rings is 1. The van der Waals surface area contributed by atoms with Crippen molar-refractivity contribution < 1.29 is 22.4 Å². The van der Waals surface area contributed by atoms with Crippen LogP contribution in [-0.2, 0) is 21.3 Å². The standard InChI is InChI=1S/C19H25NO5S/c1-10-11(2)13(4)18(14(5)12(10)3)26(22,23)20-9-16-8-17(15(6)25-16)19(21)24-7/h8,20H,9H2,1-7H3. The van der Waals surface area contributed by atoms with Crippen LogP contribution in [0.3, 0.4) is 0 Å². The lowest BCUT2D eigenvalue weighted by Crippen LogP contribution is -2.25. The molecule has 0 saturated carbocycles. The van der Waals surface area contributed by atoms with Crippen molar-refractivity contribution in [2.45, 2.75) is 53.0 Å². The molecule has 1 aromatic carbocycles. The monoisotopic (exact) mass is 379 g/mol. The Morgan fingerprint density at radius 2 is 1.50 bits per heavy atom. The zero-order valence-electron chi connectivity index (χ0n) is 16.2. The van der Waals surface area contributed by atoms with Gasteiger partial charge in [0, 0.05) is 0 Å². The normalized spacial score (nSPS) is 11.7. The first kappa shape index (κ1) is 20.2. The van der Waals surface area contributed by atoms with Gasteiger partial charge in [0.2, 0.25) is 10.0 Å². The van der Waals surface area contributed by atoms with Crippen molar-refractivity contribution in [3.05, 3.63) is 51.0 Å². The first-order valence-electron chi connectivity index (χ1n) is 8.25. The van der Waals surface area contributed by atoms with Crippen LogP contribution in [0, 0.1) is 41.5 Å². The van der Waals surface area contributed by atoms with Crippen LogP contribution in [0.25, 0.3) is 0 Å². The highest BCUT2D eigenvalue weighted by atomic mass is 32.2. The van der Waals surface area contributed by atoms with Crippen LogP contribution < -0.4 is 4.72 Å². The van der Waals surface area contributed by atoms with Crippen molar-refractivity contribution in [2.75, 3.05) is 7.11 Å². The quantitative estimate of drug-likeness (QED) is 0.805. The Balaban J connectivity index is 2.35. The molecule has 0 spiro atoms. The third-order valence-electron chi connectivity index (χ3n) is 5.01. The summed E-state index contributed by atoms with van der Waals surface area (Å²) in [5.41, 5.74) is 4.80. The molecule has 0 fully saturated rings. The number of ether oxygens (including phenoxy) is 1. The van der Waals surface area contributed by atoms with E-state index in [0.29, 0.717) is 16.4 Å². The van der Waals surface area contributed by atoms with Gasteiger partial charge in [-0.2, -0.15) is 0 Å². The molecule has 0 aliphatic carbocycles. The largest absolute Gasteiger partial charge is 0.465 e. The van der Waals surface area contributed by atoms with Crippen LogP contribution in [0.2, 0.25) is 0 Å². The minimum Gasteiger partial charge on any atom is -0.465 e. The van der Waals surface area contributed by atoms with Gasteiger partial charge in [-0.3, -0.25) is 0 Å². The Bertz CT molecular complexity index is 941. The Hall–Kier alpha value is -2.12. The summed E-state index contributed by atoms with van der Waals surface area (Å²) in [6, 6.07) is 1.50. The number of nitrogens with one attached hydrogen (secondary N) is 1. The van der Waals surface area contributed by atoms with Gasteiger partial charge in [0.1, 0.15) is 17.1 Å². The zero-order chi connectivity index (χ0) is 19.8. The number of carbonyl (C=O) groups excluding carboxylic acids is 1. The van der Waals surface area contributed by atoms with Crippen molar-refractivity contribution in [1.29, 1.82) is 0 Å². The molecule has 0 saturated heterocycles. The first-order valence-corrected chi connectivity index (χ1v) is 9.73. The Morgan fingerprint density at radius 3 is 2.00 bits per heavy atom. The predicted octanol–water partition coefficient (Wildman–Crippen LogP) is 3.40. The fraction of sp³-hybridized carbons (Fsp3) is 0.421.